The van der Waals surface area contributed by atoms with Gasteiger partial charge >= 0.3 is 0 Å². The second-order valence-corrected chi connectivity index (χ2v) is 4.71. The van der Waals surface area contributed by atoms with Crippen LogP contribution in [0.3, 0.4) is 0 Å². The van der Waals surface area contributed by atoms with Crippen LogP contribution in [-0.2, 0) is 4.79 Å². The molecular weight excluding hydrogens is 274 g/mol. The summed E-state index contributed by atoms with van der Waals surface area (Å²) in [5.41, 5.74) is 0.336. The van der Waals surface area contributed by atoms with E-state index in [2.05, 4.69) is 21.2 Å². The molecule has 1 aromatic carbocycles. The largest absolute Gasteiger partial charge is 0.506 e. The lowest BCUT2D eigenvalue weighted by atomic mass is 10.2. The molecule has 1 aliphatic rings. The van der Waals surface area contributed by atoms with Gasteiger partial charge < -0.3 is 15.2 Å². The Morgan fingerprint density at radius 1 is 1.56 bits per heavy atom. The average molecular weight is 286 g/mol. The maximum atomic E-state index is 11.0. The smallest absolute Gasteiger partial charge is 0.221 e. The van der Waals surface area contributed by atoms with Crippen LogP contribution in [0.4, 0.5) is 5.69 Å². The van der Waals surface area contributed by atoms with Gasteiger partial charge in [-0.2, -0.15) is 0 Å². The number of amides is 1. The van der Waals surface area contributed by atoms with Crippen LogP contribution in [0.15, 0.2) is 16.6 Å². The predicted molar refractivity (Wildman–Crippen MR) is 63.8 cm³/mol. The van der Waals surface area contributed by atoms with E-state index in [1.807, 2.05) is 0 Å². The zero-order chi connectivity index (χ0) is 11.7. The summed E-state index contributed by atoms with van der Waals surface area (Å²) in [7, 11) is 0. The summed E-state index contributed by atoms with van der Waals surface area (Å²) in [6.45, 7) is 1.39. The van der Waals surface area contributed by atoms with Crippen molar-refractivity contribution in [1.82, 2.24) is 0 Å². The number of phenolic OH excluding ortho intramolecular Hbond substituents is 1. The van der Waals surface area contributed by atoms with E-state index in [9.17, 15) is 9.90 Å². The lowest BCUT2D eigenvalue weighted by Gasteiger charge is -2.13. The molecule has 86 valence electrons. The summed E-state index contributed by atoms with van der Waals surface area (Å²) in [4.78, 5) is 11.0. The molecule has 0 heterocycles. The summed E-state index contributed by atoms with van der Waals surface area (Å²) >= 11 is 3.27. The maximum absolute atomic E-state index is 11.0. The highest BCUT2D eigenvalue weighted by Crippen LogP contribution is 2.40. The highest BCUT2D eigenvalue weighted by Gasteiger charge is 2.25. The molecule has 0 aliphatic heterocycles. The molecular formula is C11H12BrNO3. The molecule has 2 rings (SSSR count). The maximum Gasteiger partial charge on any atom is 0.221 e. The second kappa shape index (κ2) is 4.33. The van der Waals surface area contributed by atoms with Gasteiger partial charge in [-0.05, 0) is 25.0 Å². The normalized spacial score (nSPS) is 14.6. The van der Waals surface area contributed by atoms with Crippen LogP contribution in [0, 0.1) is 0 Å². The van der Waals surface area contributed by atoms with E-state index in [1.165, 1.54) is 13.0 Å². The number of aromatic hydroxyl groups is 1. The fourth-order valence-corrected chi connectivity index (χ4v) is 1.75. The number of hydrogen-bond acceptors (Lipinski definition) is 3. The summed E-state index contributed by atoms with van der Waals surface area (Å²) in [5.74, 6) is 0.267. The highest BCUT2D eigenvalue weighted by atomic mass is 79.9. The molecule has 0 unspecified atom stereocenters. The van der Waals surface area contributed by atoms with Crippen LogP contribution in [-0.4, -0.2) is 17.1 Å². The van der Waals surface area contributed by atoms with Gasteiger partial charge in [-0.15, -0.1) is 0 Å². The number of phenols is 1. The van der Waals surface area contributed by atoms with E-state index in [0.29, 0.717) is 11.4 Å². The number of carbonyl (C=O) groups is 1. The lowest BCUT2D eigenvalue weighted by Crippen LogP contribution is -2.09. The summed E-state index contributed by atoms with van der Waals surface area (Å²) < 4.78 is 6.33. The molecule has 0 spiro atoms. The molecule has 1 amide bonds. The number of carbonyl (C=O) groups excluding carboxylic acids is 1. The van der Waals surface area contributed by atoms with Crippen molar-refractivity contribution in [3.8, 4) is 11.5 Å². The van der Waals surface area contributed by atoms with Gasteiger partial charge in [0, 0.05) is 11.4 Å². The van der Waals surface area contributed by atoms with E-state index in [1.54, 1.807) is 6.07 Å². The molecule has 0 bridgehead atoms. The molecule has 0 radical (unpaired) electrons. The first-order valence-corrected chi connectivity index (χ1v) is 5.82. The highest BCUT2D eigenvalue weighted by molar-refractivity contribution is 9.10. The Labute approximate surface area is 102 Å². The summed E-state index contributed by atoms with van der Waals surface area (Å²) in [5, 5.41) is 12.3. The number of halogens is 1. The van der Waals surface area contributed by atoms with Crippen molar-refractivity contribution in [1.29, 1.82) is 0 Å². The third-order valence-corrected chi connectivity index (χ3v) is 2.62. The van der Waals surface area contributed by atoms with Crippen molar-refractivity contribution >= 4 is 27.5 Å². The van der Waals surface area contributed by atoms with E-state index < -0.39 is 0 Å². The van der Waals surface area contributed by atoms with E-state index in [-0.39, 0.29) is 17.8 Å². The number of ether oxygens (including phenoxy) is 1. The Bertz CT molecular complexity index is 429. The van der Waals surface area contributed by atoms with Crippen LogP contribution >= 0.6 is 15.9 Å². The molecule has 5 heteroatoms. The minimum Gasteiger partial charge on any atom is -0.506 e. The number of rotatable bonds is 3. The Morgan fingerprint density at radius 2 is 2.25 bits per heavy atom. The summed E-state index contributed by atoms with van der Waals surface area (Å²) in [6, 6.07) is 3.26. The molecule has 0 atom stereocenters. The molecule has 4 nitrogen and oxygen atoms in total. The van der Waals surface area contributed by atoms with Crippen molar-refractivity contribution in [3.05, 3.63) is 16.6 Å². The van der Waals surface area contributed by atoms with Crippen molar-refractivity contribution < 1.29 is 14.6 Å². The van der Waals surface area contributed by atoms with Gasteiger partial charge in [0.1, 0.15) is 17.2 Å². The fourth-order valence-electron chi connectivity index (χ4n) is 1.33. The van der Waals surface area contributed by atoms with Crippen LogP contribution in [0.5, 0.6) is 11.5 Å². The van der Waals surface area contributed by atoms with Crippen LogP contribution in [0.2, 0.25) is 0 Å². The average Bonchev–Trinajstić information content (AvgIpc) is 2.94. The monoisotopic (exact) mass is 285 g/mol. The number of anilines is 1. The van der Waals surface area contributed by atoms with Gasteiger partial charge in [0.15, 0.2) is 0 Å². The molecule has 1 fully saturated rings. The number of nitrogens with one attached hydrogen (secondary N) is 1. The first-order valence-electron chi connectivity index (χ1n) is 5.03. The Hall–Kier alpha value is -1.23. The van der Waals surface area contributed by atoms with Gasteiger partial charge in [0.05, 0.1) is 6.10 Å². The fraction of sp³-hybridized carbons (Fsp3) is 0.364. The third-order valence-electron chi connectivity index (χ3n) is 2.17. The third kappa shape index (κ3) is 2.66. The molecule has 0 saturated heterocycles. The van der Waals surface area contributed by atoms with Crippen molar-refractivity contribution in [2.24, 2.45) is 0 Å². The zero-order valence-corrected chi connectivity index (χ0v) is 10.4. The Balaban J connectivity index is 2.32. The van der Waals surface area contributed by atoms with Gasteiger partial charge in [-0.3, -0.25) is 4.79 Å². The standard InChI is InChI=1S/C11H12BrNO3/c1-6(14)13-11-9(15)4-7(12)5-10(11)16-8-2-3-8/h4-5,8,15H,2-3H2,1H3,(H,13,14). The van der Waals surface area contributed by atoms with Crippen LogP contribution in [0.1, 0.15) is 19.8 Å². The molecule has 1 saturated carbocycles. The van der Waals surface area contributed by atoms with Gasteiger partial charge in [-0.25, -0.2) is 0 Å². The van der Waals surface area contributed by atoms with Crippen LogP contribution in [0.25, 0.3) is 0 Å². The van der Waals surface area contributed by atoms with Gasteiger partial charge in [0.2, 0.25) is 5.91 Å². The molecule has 16 heavy (non-hydrogen) atoms. The minimum absolute atomic E-state index is 0.000208. The molecule has 2 N–H and O–H groups in total. The number of benzene rings is 1. The van der Waals surface area contributed by atoms with Crippen molar-refractivity contribution in [2.75, 3.05) is 5.32 Å². The van der Waals surface area contributed by atoms with E-state index in [0.717, 1.165) is 17.3 Å². The lowest BCUT2D eigenvalue weighted by molar-refractivity contribution is -0.114. The zero-order valence-electron chi connectivity index (χ0n) is 8.79. The molecule has 0 aromatic heterocycles. The Kier molecular flexibility index (Phi) is 3.05. The minimum atomic E-state index is -0.238. The topological polar surface area (TPSA) is 58.6 Å². The SMILES string of the molecule is CC(=O)Nc1c(O)cc(Br)cc1OC1CC1. The van der Waals surface area contributed by atoms with Crippen molar-refractivity contribution in [3.63, 3.8) is 0 Å². The first kappa shape index (κ1) is 11.3. The number of hydrogen-bond donors (Lipinski definition) is 2. The van der Waals surface area contributed by atoms with E-state index >= 15 is 0 Å². The summed E-state index contributed by atoms with van der Waals surface area (Å²) in [6.07, 6.45) is 2.25. The predicted octanol–water partition coefficient (Wildman–Crippen LogP) is 2.65. The van der Waals surface area contributed by atoms with Gasteiger partial charge in [-0.1, -0.05) is 15.9 Å². The van der Waals surface area contributed by atoms with Crippen molar-refractivity contribution in [2.45, 2.75) is 25.9 Å². The molecule has 1 aromatic rings. The van der Waals surface area contributed by atoms with Gasteiger partial charge in [0.25, 0.3) is 0 Å². The molecule has 1 aliphatic carbocycles. The second-order valence-electron chi connectivity index (χ2n) is 3.80. The Morgan fingerprint density at radius 3 is 2.81 bits per heavy atom. The first-order chi connectivity index (χ1) is 7.56. The van der Waals surface area contributed by atoms with Crippen LogP contribution < -0.4 is 10.1 Å². The quantitative estimate of drug-likeness (QED) is 0.840. The van der Waals surface area contributed by atoms with E-state index in [4.69, 9.17) is 4.74 Å².